The molecule has 16 heteroatoms. The number of alkyl carbamates (subject to hydrolysis) is 1. The molecule has 4 rings (SSSR count). The number of aryl methyl sites for hydroxylation is 2. The SMILES string of the molecule is CC=C(C)C(=O)OC1C(C)=C2[C@H]([C@@H]1OC(=O)CCCCCCC)[C@@](C)(OC(C)=O)CC(OC(=O)CCc1ccc(O)c(CCCCCNC(=O)OC(C)(C)C)c1)[C@@]1(O)[C@H]2OC(=O)[C@@]1(C)O. The van der Waals surface area contributed by atoms with E-state index in [-0.39, 0.29) is 41.7 Å². The minimum atomic E-state index is -2.69. The second-order valence-electron chi connectivity index (χ2n) is 19.0. The van der Waals surface area contributed by atoms with E-state index in [9.17, 15) is 44.1 Å². The Morgan fingerprint density at radius 2 is 1.57 bits per heavy atom. The van der Waals surface area contributed by atoms with Crippen molar-refractivity contribution < 1.29 is 72.5 Å². The van der Waals surface area contributed by atoms with E-state index in [0.29, 0.717) is 43.4 Å². The Morgan fingerprint density at radius 3 is 2.22 bits per heavy atom. The Balaban J connectivity index is 1.61. The van der Waals surface area contributed by atoms with Crippen molar-refractivity contribution in [2.24, 2.45) is 5.92 Å². The highest BCUT2D eigenvalue weighted by Gasteiger charge is 2.76. The average Bonchev–Trinajstić information content (AvgIpc) is 3.55. The molecule has 1 aliphatic heterocycles. The second-order valence-corrected chi connectivity index (χ2v) is 19.0. The van der Waals surface area contributed by atoms with Gasteiger partial charge in [0, 0.05) is 38.3 Å². The molecule has 0 spiro atoms. The first-order chi connectivity index (χ1) is 30.4. The summed E-state index contributed by atoms with van der Waals surface area (Å²) in [5.74, 6) is -5.30. The minimum absolute atomic E-state index is 0.0368. The van der Waals surface area contributed by atoms with Crippen molar-refractivity contribution >= 4 is 35.9 Å². The minimum Gasteiger partial charge on any atom is -0.508 e. The fourth-order valence-corrected chi connectivity index (χ4v) is 9.06. The number of fused-ring (bicyclic) bond motifs is 3. The summed E-state index contributed by atoms with van der Waals surface area (Å²) in [6.45, 7) is 16.4. The van der Waals surface area contributed by atoms with Gasteiger partial charge in [-0.15, -0.1) is 0 Å². The number of aliphatic hydroxyl groups is 2. The first-order valence-corrected chi connectivity index (χ1v) is 23.0. The first kappa shape index (κ1) is 52.7. The Bertz CT molecular complexity index is 1980. The van der Waals surface area contributed by atoms with E-state index in [1.165, 1.54) is 13.0 Å². The van der Waals surface area contributed by atoms with Crippen molar-refractivity contribution in [2.45, 2.75) is 200 Å². The van der Waals surface area contributed by atoms with Crippen LogP contribution in [0.1, 0.15) is 151 Å². The zero-order valence-corrected chi connectivity index (χ0v) is 39.8. The van der Waals surface area contributed by atoms with Crippen LogP contribution in [-0.2, 0) is 65.2 Å². The number of hydrogen-bond donors (Lipinski definition) is 4. The van der Waals surface area contributed by atoms with Crippen LogP contribution in [0, 0.1) is 5.92 Å². The number of carbonyl (C=O) groups excluding carboxylic acids is 6. The zero-order valence-electron chi connectivity index (χ0n) is 39.8. The summed E-state index contributed by atoms with van der Waals surface area (Å²) < 4.78 is 35.3. The van der Waals surface area contributed by atoms with Gasteiger partial charge in [0.2, 0.25) is 0 Å². The van der Waals surface area contributed by atoms with Gasteiger partial charge in [-0.2, -0.15) is 0 Å². The van der Waals surface area contributed by atoms with Crippen molar-refractivity contribution in [3.8, 4) is 5.75 Å². The van der Waals surface area contributed by atoms with E-state index in [1.807, 2.05) is 0 Å². The lowest BCUT2D eigenvalue weighted by Crippen LogP contribution is -2.64. The van der Waals surface area contributed by atoms with Crippen molar-refractivity contribution in [2.75, 3.05) is 6.54 Å². The highest BCUT2D eigenvalue weighted by Crippen LogP contribution is 2.57. The Morgan fingerprint density at radius 1 is 0.908 bits per heavy atom. The molecule has 1 amide bonds. The monoisotopic (exact) mass is 913 g/mol. The third-order valence-corrected chi connectivity index (χ3v) is 12.6. The van der Waals surface area contributed by atoms with Crippen LogP contribution in [0.25, 0.3) is 0 Å². The second kappa shape index (κ2) is 22.0. The van der Waals surface area contributed by atoms with Crippen LogP contribution in [0.4, 0.5) is 4.79 Å². The van der Waals surface area contributed by atoms with Crippen LogP contribution >= 0.6 is 0 Å². The summed E-state index contributed by atoms with van der Waals surface area (Å²) in [5.41, 5.74) is -5.80. The van der Waals surface area contributed by atoms with Gasteiger partial charge in [-0.25, -0.2) is 14.4 Å². The van der Waals surface area contributed by atoms with Gasteiger partial charge in [-0.05, 0) is 116 Å². The number of phenols is 1. The number of aromatic hydroxyl groups is 1. The number of ether oxygens (including phenoxy) is 6. The molecule has 1 aromatic carbocycles. The predicted octanol–water partition coefficient (Wildman–Crippen LogP) is 6.70. The summed E-state index contributed by atoms with van der Waals surface area (Å²) in [6.07, 6.45) is 1.36. The first-order valence-electron chi connectivity index (χ1n) is 23.0. The smallest absolute Gasteiger partial charge is 0.407 e. The van der Waals surface area contributed by atoms with E-state index in [2.05, 4.69) is 12.2 Å². The summed E-state index contributed by atoms with van der Waals surface area (Å²) in [6, 6.07) is 4.99. The van der Waals surface area contributed by atoms with Crippen molar-refractivity contribution in [3.63, 3.8) is 0 Å². The van der Waals surface area contributed by atoms with Crippen LogP contribution < -0.4 is 5.32 Å². The summed E-state index contributed by atoms with van der Waals surface area (Å²) in [7, 11) is 0. The Kier molecular flexibility index (Phi) is 17.8. The molecular formula is C49H71NO15. The van der Waals surface area contributed by atoms with Gasteiger partial charge < -0.3 is 49.1 Å². The molecule has 0 bridgehead atoms. The number of rotatable bonds is 20. The molecule has 0 aromatic heterocycles. The largest absolute Gasteiger partial charge is 0.508 e. The molecule has 16 nitrogen and oxygen atoms in total. The Labute approximate surface area is 382 Å². The van der Waals surface area contributed by atoms with E-state index in [4.69, 9.17) is 28.4 Å². The number of phenolic OH excluding ortho intramolecular Hbond substituents is 1. The van der Waals surface area contributed by atoms with Crippen LogP contribution in [0.3, 0.4) is 0 Å². The van der Waals surface area contributed by atoms with Crippen LogP contribution in [0.5, 0.6) is 5.75 Å². The van der Waals surface area contributed by atoms with Crippen molar-refractivity contribution in [1.29, 1.82) is 0 Å². The number of benzene rings is 1. The lowest BCUT2D eigenvalue weighted by atomic mass is 9.75. The zero-order chi connectivity index (χ0) is 48.5. The number of amides is 1. The maximum atomic E-state index is 13.9. The molecule has 2 fully saturated rings. The number of nitrogens with one attached hydrogen (secondary N) is 1. The number of hydrogen-bond acceptors (Lipinski definition) is 15. The van der Waals surface area contributed by atoms with Crippen molar-refractivity contribution in [1.82, 2.24) is 5.32 Å². The molecule has 1 saturated heterocycles. The van der Waals surface area contributed by atoms with E-state index >= 15 is 0 Å². The summed E-state index contributed by atoms with van der Waals surface area (Å²) >= 11 is 0. The third kappa shape index (κ3) is 12.7. The maximum Gasteiger partial charge on any atom is 0.407 e. The normalized spacial score (nSPS) is 27.5. The van der Waals surface area contributed by atoms with Crippen LogP contribution in [0.2, 0.25) is 0 Å². The van der Waals surface area contributed by atoms with Gasteiger partial charge in [-0.3, -0.25) is 14.4 Å². The fraction of sp³-hybridized carbons (Fsp3) is 0.673. The molecule has 1 heterocycles. The van der Waals surface area contributed by atoms with Gasteiger partial charge in [0.15, 0.2) is 29.5 Å². The Hall–Kier alpha value is -4.96. The lowest BCUT2D eigenvalue weighted by molar-refractivity contribution is -0.212. The van der Waals surface area contributed by atoms with E-state index in [0.717, 1.165) is 46.0 Å². The lowest BCUT2D eigenvalue weighted by Gasteiger charge is -2.41. The summed E-state index contributed by atoms with van der Waals surface area (Å²) in [5, 5.41) is 38.0. The number of carbonyl (C=O) groups is 6. The highest BCUT2D eigenvalue weighted by atomic mass is 16.6. The van der Waals surface area contributed by atoms with E-state index < -0.39 is 95.1 Å². The van der Waals surface area contributed by atoms with Gasteiger partial charge >= 0.3 is 35.9 Å². The predicted molar refractivity (Wildman–Crippen MR) is 237 cm³/mol. The molecule has 3 aliphatic rings. The third-order valence-electron chi connectivity index (χ3n) is 12.6. The number of allylic oxidation sites excluding steroid dienone is 1. The maximum absolute atomic E-state index is 13.9. The molecule has 1 aromatic rings. The molecule has 4 N–H and O–H groups in total. The summed E-state index contributed by atoms with van der Waals surface area (Å²) in [4.78, 5) is 79.3. The number of esters is 5. The highest BCUT2D eigenvalue weighted by molar-refractivity contribution is 5.88. The molecule has 1 saturated carbocycles. The van der Waals surface area contributed by atoms with E-state index in [1.54, 1.807) is 59.8 Å². The standard InChI is InChI=1S/C49H71NO15/c1-11-13-14-15-18-21-36(53)61-41-39-38(30(4)40(41)62-43(55)29(3)12-2)42-49(59,48(10,58)44(56)63-42)35(28-47(39,9)64-31(5)51)60-37(54)25-23-32-22-24-34(52)33(27-32)20-17-16-19-26-50-45(57)65-46(6,7)8/h12,22,24,27,35,39-42,52,58-59H,11,13-21,23,25-26,28H2,1-10H3,(H,50,57)/t35?,39-,40?,41+,42+,47+,48-,49-/m1/s1. The van der Waals surface area contributed by atoms with Gasteiger partial charge in [0.1, 0.15) is 23.1 Å². The molecule has 0 radical (unpaired) electrons. The molecule has 8 atom stereocenters. The van der Waals surface area contributed by atoms with Crippen LogP contribution in [0.15, 0.2) is 41.0 Å². The average molecular weight is 914 g/mol. The molecule has 65 heavy (non-hydrogen) atoms. The molecular weight excluding hydrogens is 843 g/mol. The van der Waals surface area contributed by atoms with Gasteiger partial charge in [-0.1, -0.05) is 57.2 Å². The topological polar surface area (TPSA) is 231 Å². The van der Waals surface area contributed by atoms with Crippen molar-refractivity contribution in [3.05, 3.63) is 52.1 Å². The fourth-order valence-electron chi connectivity index (χ4n) is 9.06. The quantitative estimate of drug-likeness (QED) is 0.0351. The molecule has 2 unspecified atom stereocenters. The molecule has 2 aliphatic carbocycles. The van der Waals surface area contributed by atoms with Gasteiger partial charge in [0.05, 0.1) is 5.92 Å². The van der Waals surface area contributed by atoms with Crippen LogP contribution in [-0.4, -0.2) is 105 Å². The van der Waals surface area contributed by atoms with Gasteiger partial charge in [0.25, 0.3) is 0 Å². The molecule has 362 valence electrons. The number of unbranched alkanes of at least 4 members (excludes halogenated alkanes) is 6.